The number of nitrogens with zero attached hydrogens (tertiary/aromatic N) is 3. The molecule has 0 atom stereocenters. The molecular formula is C16H17N3O2S. The Hall–Kier alpha value is -2.21. The van der Waals surface area contributed by atoms with Crippen LogP contribution in [-0.4, -0.2) is 25.4 Å². The second kappa shape index (κ2) is 5.21. The third-order valence-electron chi connectivity index (χ3n) is 3.46. The number of aromatic nitrogens is 3. The number of rotatable bonds is 3. The highest BCUT2D eigenvalue weighted by Gasteiger charge is 2.27. The van der Waals surface area contributed by atoms with Crippen molar-refractivity contribution in [2.24, 2.45) is 0 Å². The van der Waals surface area contributed by atoms with E-state index in [4.69, 9.17) is 0 Å². The van der Waals surface area contributed by atoms with Gasteiger partial charge in [-0.15, -0.1) is 11.3 Å². The van der Waals surface area contributed by atoms with Gasteiger partial charge in [-0.05, 0) is 12.1 Å². The molecule has 0 radical (unpaired) electrons. The monoisotopic (exact) mass is 315 g/mol. The number of carboxylic acids is 1. The number of carbonyl (C=O) groups is 1. The molecule has 0 aliphatic rings. The topological polar surface area (TPSA) is 67.5 Å². The van der Waals surface area contributed by atoms with Crippen LogP contribution in [0.4, 0.5) is 0 Å². The predicted octanol–water partition coefficient (Wildman–Crippen LogP) is 3.38. The van der Waals surface area contributed by atoms with Crippen LogP contribution in [0.25, 0.3) is 16.2 Å². The molecule has 0 unspecified atom stereocenters. The molecular weight excluding hydrogens is 298 g/mol. The zero-order chi connectivity index (χ0) is 15.9. The minimum absolute atomic E-state index is 0.0391. The van der Waals surface area contributed by atoms with Crippen molar-refractivity contribution in [1.82, 2.24) is 14.4 Å². The number of pyridine rings is 1. The first-order chi connectivity index (χ1) is 10.4. The van der Waals surface area contributed by atoms with Gasteiger partial charge in [0, 0.05) is 28.8 Å². The van der Waals surface area contributed by atoms with E-state index in [1.807, 2.05) is 21.9 Å². The highest BCUT2D eigenvalue weighted by molar-refractivity contribution is 7.15. The lowest BCUT2D eigenvalue weighted by Gasteiger charge is -2.17. The Kier molecular flexibility index (Phi) is 3.48. The molecule has 3 rings (SSSR count). The highest BCUT2D eigenvalue weighted by Crippen LogP contribution is 2.33. The second-order valence-corrected chi connectivity index (χ2v) is 7.04. The Morgan fingerprint density at radius 3 is 2.59 bits per heavy atom. The van der Waals surface area contributed by atoms with Gasteiger partial charge in [0.2, 0.25) is 0 Å². The van der Waals surface area contributed by atoms with Crippen molar-refractivity contribution < 1.29 is 9.90 Å². The molecule has 3 aromatic heterocycles. The molecule has 0 saturated heterocycles. The van der Waals surface area contributed by atoms with Crippen LogP contribution < -0.4 is 0 Å². The van der Waals surface area contributed by atoms with Gasteiger partial charge in [-0.2, -0.15) is 0 Å². The van der Waals surface area contributed by atoms with Crippen molar-refractivity contribution in [2.75, 3.05) is 0 Å². The van der Waals surface area contributed by atoms with Gasteiger partial charge in [0.15, 0.2) is 4.96 Å². The van der Waals surface area contributed by atoms with E-state index in [2.05, 4.69) is 30.7 Å². The molecule has 0 saturated carbocycles. The Labute approximate surface area is 132 Å². The molecule has 0 spiro atoms. The minimum Gasteiger partial charge on any atom is -0.481 e. The van der Waals surface area contributed by atoms with E-state index in [9.17, 15) is 9.90 Å². The fourth-order valence-electron chi connectivity index (χ4n) is 2.55. The zero-order valence-corrected chi connectivity index (χ0v) is 13.5. The summed E-state index contributed by atoms with van der Waals surface area (Å²) in [6, 6.07) is 3.84. The van der Waals surface area contributed by atoms with E-state index in [0.29, 0.717) is 0 Å². The molecule has 0 bridgehead atoms. The van der Waals surface area contributed by atoms with Crippen molar-refractivity contribution in [3.05, 3.63) is 41.3 Å². The zero-order valence-electron chi connectivity index (χ0n) is 12.7. The van der Waals surface area contributed by atoms with Crippen LogP contribution in [0, 0.1) is 0 Å². The molecule has 1 N–H and O–H groups in total. The normalized spacial score (nSPS) is 12.0. The summed E-state index contributed by atoms with van der Waals surface area (Å²) in [6.45, 7) is 6.16. The quantitative estimate of drug-likeness (QED) is 0.804. The molecule has 3 aromatic rings. The Balaban J connectivity index is 2.29. The summed E-state index contributed by atoms with van der Waals surface area (Å²) in [7, 11) is 0. The summed E-state index contributed by atoms with van der Waals surface area (Å²) in [4.78, 5) is 20.9. The fourth-order valence-corrected chi connectivity index (χ4v) is 3.46. The lowest BCUT2D eigenvalue weighted by atomic mass is 9.90. The van der Waals surface area contributed by atoms with E-state index >= 15 is 0 Å². The van der Waals surface area contributed by atoms with Gasteiger partial charge in [-0.1, -0.05) is 20.8 Å². The molecule has 114 valence electrons. The third kappa shape index (κ3) is 2.50. The number of hydrogen-bond donors (Lipinski definition) is 1. The predicted molar refractivity (Wildman–Crippen MR) is 86.3 cm³/mol. The van der Waals surface area contributed by atoms with E-state index in [0.717, 1.165) is 27.6 Å². The molecule has 0 fully saturated rings. The van der Waals surface area contributed by atoms with E-state index in [-0.39, 0.29) is 11.8 Å². The van der Waals surface area contributed by atoms with Crippen molar-refractivity contribution in [3.63, 3.8) is 0 Å². The lowest BCUT2D eigenvalue weighted by molar-refractivity contribution is -0.136. The van der Waals surface area contributed by atoms with E-state index in [1.54, 1.807) is 12.4 Å². The Morgan fingerprint density at radius 2 is 2.00 bits per heavy atom. The average Bonchev–Trinajstić information content (AvgIpc) is 2.99. The number of thiazole rings is 1. The summed E-state index contributed by atoms with van der Waals surface area (Å²) in [5, 5.41) is 11.3. The van der Waals surface area contributed by atoms with Crippen LogP contribution in [0.15, 0.2) is 29.9 Å². The molecule has 0 aliphatic carbocycles. The smallest absolute Gasteiger partial charge is 0.309 e. The minimum atomic E-state index is -0.848. The first-order valence-corrected chi connectivity index (χ1v) is 7.87. The highest BCUT2D eigenvalue weighted by atomic mass is 32.1. The number of aliphatic carboxylic acids is 1. The first kappa shape index (κ1) is 14.7. The summed E-state index contributed by atoms with van der Waals surface area (Å²) >= 11 is 1.53. The summed E-state index contributed by atoms with van der Waals surface area (Å²) in [6.07, 6.45) is 3.43. The number of hydrogen-bond acceptors (Lipinski definition) is 4. The fraction of sp³-hybridized carbons (Fsp3) is 0.312. The maximum atomic E-state index is 11.3. The summed E-state index contributed by atoms with van der Waals surface area (Å²) in [5.41, 5.74) is 3.36. The van der Waals surface area contributed by atoms with Gasteiger partial charge in [0.05, 0.1) is 23.5 Å². The molecule has 22 heavy (non-hydrogen) atoms. The SMILES string of the molecule is CC(C)(C)c1nc2scc(-c3ccncc3)n2c1CC(=O)O. The van der Waals surface area contributed by atoms with Gasteiger partial charge in [-0.3, -0.25) is 14.2 Å². The van der Waals surface area contributed by atoms with Crippen LogP contribution in [0.1, 0.15) is 32.2 Å². The molecule has 3 heterocycles. The van der Waals surface area contributed by atoms with Crippen LogP contribution >= 0.6 is 11.3 Å². The lowest BCUT2D eigenvalue weighted by Crippen LogP contribution is -2.17. The van der Waals surface area contributed by atoms with Gasteiger partial charge >= 0.3 is 5.97 Å². The van der Waals surface area contributed by atoms with Crippen LogP contribution in [-0.2, 0) is 16.6 Å². The van der Waals surface area contributed by atoms with Gasteiger partial charge in [0.25, 0.3) is 0 Å². The average molecular weight is 315 g/mol. The van der Waals surface area contributed by atoms with Crippen molar-refractivity contribution in [3.8, 4) is 11.3 Å². The molecule has 0 amide bonds. The standard InChI is InChI=1S/C16H17N3O2S/c1-16(2,3)14-11(8-13(20)21)19-12(9-22-15(19)18-14)10-4-6-17-7-5-10/h4-7,9H,8H2,1-3H3,(H,20,21). The number of fused-ring (bicyclic) bond motifs is 1. The van der Waals surface area contributed by atoms with Gasteiger partial charge in [0.1, 0.15) is 0 Å². The van der Waals surface area contributed by atoms with Crippen molar-refractivity contribution in [1.29, 1.82) is 0 Å². The third-order valence-corrected chi connectivity index (χ3v) is 4.29. The summed E-state index contributed by atoms with van der Waals surface area (Å²) in [5.74, 6) is -0.848. The second-order valence-electron chi connectivity index (χ2n) is 6.20. The molecule has 0 aromatic carbocycles. The van der Waals surface area contributed by atoms with E-state index < -0.39 is 5.97 Å². The van der Waals surface area contributed by atoms with Gasteiger partial charge in [-0.25, -0.2) is 4.98 Å². The van der Waals surface area contributed by atoms with Crippen LogP contribution in [0.2, 0.25) is 0 Å². The van der Waals surface area contributed by atoms with Gasteiger partial charge < -0.3 is 5.11 Å². The Morgan fingerprint density at radius 1 is 1.32 bits per heavy atom. The maximum Gasteiger partial charge on any atom is 0.309 e. The number of carboxylic acid groups (broad SMARTS) is 1. The van der Waals surface area contributed by atoms with E-state index in [1.165, 1.54) is 11.3 Å². The molecule has 5 nitrogen and oxygen atoms in total. The van der Waals surface area contributed by atoms with Crippen molar-refractivity contribution in [2.45, 2.75) is 32.6 Å². The maximum absolute atomic E-state index is 11.3. The Bertz CT molecular complexity index is 828. The van der Waals surface area contributed by atoms with Crippen molar-refractivity contribution >= 4 is 22.3 Å². The molecule has 0 aliphatic heterocycles. The van der Waals surface area contributed by atoms with Crippen LogP contribution in [0.5, 0.6) is 0 Å². The molecule has 6 heteroatoms. The van der Waals surface area contributed by atoms with Crippen LogP contribution in [0.3, 0.4) is 0 Å². The number of imidazole rings is 1. The largest absolute Gasteiger partial charge is 0.481 e. The summed E-state index contributed by atoms with van der Waals surface area (Å²) < 4.78 is 1.97. The first-order valence-electron chi connectivity index (χ1n) is 6.99.